The van der Waals surface area contributed by atoms with Gasteiger partial charge in [-0.1, -0.05) is 12.1 Å². The molecule has 0 fully saturated rings. The number of nitrogens with zero attached hydrogens (tertiary/aromatic N) is 1. The lowest BCUT2D eigenvalue weighted by Gasteiger charge is -2.07. The number of hydrogen-bond donors (Lipinski definition) is 1. The highest BCUT2D eigenvalue weighted by molar-refractivity contribution is 7.13. The molecule has 3 aromatic rings. The number of nitrogens with one attached hydrogen (secondary N) is 1. The predicted molar refractivity (Wildman–Crippen MR) is 87.1 cm³/mol. The van der Waals surface area contributed by atoms with E-state index in [1.54, 1.807) is 28.7 Å². The molecular weight excluding hydrogens is 303 g/mol. The van der Waals surface area contributed by atoms with Crippen LogP contribution in [-0.2, 0) is 13.1 Å². The van der Waals surface area contributed by atoms with Crippen LogP contribution in [0.1, 0.15) is 16.1 Å². The quantitative estimate of drug-likeness (QED) is 0.743. The molecule has 108 valence electrons. The van der Waals surface area contributed by atoms with Gasteiger partial charge in [0.1, 0.15) is 5.82 Å². The summed E-state index contributed by atoms with van der Waals surface area (Å²) in [4.78, 5) is 6.44. The maximum absolute atomic E-state index is 13.9. The molecule has 0 bridgehead atoms. The third kappa shape index (κ3) is 3.37. The largest absolute Gasteiger partial charge is 0.308 e. The van der Waals surface area contributed by atoms with Gasteiger partial charge < -0.3 is 5.32 Å². The molecule has 0 saturated carbocycles. The second-order valence-corrected chi connectivity index (χ2v) is 6.64. The molecule has 21 heavy (non-hydrogen) atoms. The standard InChI is InChI=1S/C16H15FN2S2/c1-11-16(21-10-19-11)9-18-8-12-4-5-14(17)13(7-12)15-3-2-6-20-15/h2-7,10,18H,8-9H2,1H3. The molecule has 0 aliphatic rings. The van der Waals surface area contributed by atoms with E-state index in [1.807, 2.05) is 42.1 Å². The number of thiazole rings is 1. The molecule has 0 spiro atoms. The first-order valence-corrected chi connectivity index (χ1v) is 8.42. The molecule has 2 heterocycles. The van der Waals surface area contributed by atoms with E-state index in [9.17, 15) is 4.39 Å². The Bertz CT molecular complexity index is 720. The maximum Gasteiger partial charge on any atom is 0.131 e. The normalized spacial score (nSPS) is 11.0. The number of aromatic nitrogens is 1. The molecule has 0 amide bonds. The molecule has 2 nitrogen and oxygen atoms in total. The molecule has 1 N–H and O–H groups in total. The summed E-state index contributed by atoms with van der Waals surface area (Å²) in [5.74, 6) is -0.167. The van der Waals surface area contributed by atoms with Crippen LogP contribution in [0.3, 0.4) is 0 Å². The highest BCUT2D eigenvalue weighted by Crippen LogP contribution is 2.28. The summed E-state index contributed by atoms with van der Waals surface area (Å²) in [6.07, 6.45) is 0. The average molecular weight is 318 g/mol. The summed E-state index contributed by atoms with van der Waals surface area (Å²) in [6, 6.07) is 9.19. The number of halogens is 1. The monoisotopic (exact) mass is 318 g/mol. The van der Waals surface area contributed by atoms with E-state index in [4.69, 9.17) is 0 Å². The van der Waals surface area contributed by atoms with Gasteiger partial charge in [0.15, 0.2) is 0 Å². The van der Waals surface area contributed by atoms with Gasteiger partial charge in [-0.25, -0.2) is 9.37 Å². The van der Waals surface area contributed by atoms with Gasteiger partial charge in [0.2, 0.25) is 0 Å². The van der Waals surface area contributed by atoms with Crippen molar-refractivity contribution in [1.82, 2.24) is 10.3 Å². The molecular formula is C16H15FN2S2. The minimum atomic E-state index is -0.167. The number of aryl methyl sites for hydroxylation is 1. The summed E-state index contributed by atoms with van der Waals surface area (Å²) >= 11 is 3.21. The van der Waals surface area contributed by atoms with Crippen molar-refractivity contribution < 1.29 is 4.39 Å². The SMILES string of the molecule is Cc1ncsc1CNCc1ccc(F)c(-c2cccs2)c1. The predicted octanol–water partition coefficient (Wildman–Crippen LogP) is 4.61. The number of thiophene rings is 1. The first-order chi connectivity index (χ1) is 10.2. The fraction of sp³-hybridized carbons (Fsp3) is 0.188. The minimum absolute atomic E-state index is 0.167. The van der Waals surface area contributed by atoms with E-state index < -0.39 is 0 Å². The lowest BCUT2D eigenvalue weighted by Crippen LogP contribution is -2.12. The van der Waals surface area contributed by atoms with E-state index >= 15 is 0 Å². The average Bonchev–Trinajstić information content (AvgIpc) is 3.13. The zero-order valence-electron chi connectivity index (χ0n) is 11.6. The van der Waals surface area contributed by atoms with E-state index in [0.717, 1.165) is 29.2 Å². The van der Waals surface area contributed by atoms with Crippen LogP contribution in [0.15, 0.2) is 41.2 Å². The molecule has 0 aliphatic heterocycles. The van der Waals surface area contributed by atoms with E-state index in [-0.39, 0.29) is 5.82 Å². The van der Waals surface area contributed by atoms with E-state index in [0.29, 0.717) is 5.56 Å². The van der Waals surface area contributed by atoms with Crippen LogP contribution in [0, 0.1) is 12.7 Å². The van der Waals surface area contributed by atoms with Gasteiger partial charge >= 0.3 is 0 Å². The summed E-state index contributed by atoms with van der Waals surface area (Å²) in [5.41, 5.74) is 4.70. The molecule has 0 aliphatic carbocycles. The van der Waals surface area contributed by atoms with Crippen molar-refractivity contribution in [3.8, 4) is 10.4 Å². The van der Waals surface area contributed by atoms with Crippen molar-refractivity contribution in [3.05, 3.63) is 63.2 Å². The van der Waals surface area contributed by atoms with Gasteiger partial charge in [0.25, 0.3) is 0 Å². The van der Waals surface area contributed by atoms with Crippen LogP contribution in [0.2, 0.25) is 0 Å². The molecule has 1 aromatic carbocycles. The van der Waals surface area contributed by atoms with Crippen LogP contribution in [0.4, 0.5) is 4.39 Å². The van der Waals surface area contributed by atoms with Gasteiger partial charge in [-0.3, -0.25) is 0 Å². The third-order valence-electron chi connectivity index (χ3n) is 3.28. The molecule has 0 unspecified atom stereocenters. The van der Waals surface area contributed by atoms with Crippen LogP contribution in [0.5, 0.6) is 0 Å². The summed E-state index contributed by atoms with van der Waals surface area (Å²) < 4.78 is 13.9. The van der Waals surface area contributed by atoms with Crippen LogP contribution >= 0.6 is 22.7 Å². The Morgan fingerprint density at radius 2 is 2.10 bits per heavy atom. The van der Waals surface area contributed by atoms with Crippen molar-refractivity contribution in [2.75, 3.05) is 0 Å². The van der Waals surface area contributed by atoms with Crippen molar-refractivity contribution in [2.24, 2.45) is 0 Å². The van der Waals surface area contributed by atoms with E-state index in [1.165, 1.54) is 4.88 Å². The van der Waals surface area contributed by atoms with Crippen LogP contribution < -0.4 is 5.32 Å². The lowest BCUT2D eigenvalue weighted by molar-refractivity contribution is 0.629. The Morgan fingerprint density at radius 1 is 1.19 bits per heavy atom. The van der Waals surface area contributed by atoms with Gasteiger partial charge in [0, 0.05) is 28.4 Å². The minimum Gasteiger partial charge on any atom is -0.308 e. The summed E-state index contributed by atoms with van der Waals surface area (Å²) in [6.45, 7) is 3.53. The molecule has 5 heteroatoms. The second kappa shape index (κ2) is 6.47. The highest BCUT2D eigenvalue weighted by Gasteiger charge is 2.07. The first-order valence-electron chi connectivity index (χ1n) is 6.66. The Morgan fingerprint density at radius 3 is 2.81 bits per heavy atom. The number of benzene rings is 1. The third-order valence-corrected chi connectivity index (χ3v) is 5.12. The first kappa shape index (κ1) is 14.4. The molecule has 0 atom stereocenters. The zero-order valence-corrected chi connectivity index (χ0v) is 13.2. The van der Waals surface area contributed by atoms with Crippen molar-refractivity contribution in [2.45, 2.75) is 20.0 Å². The summed E-state index contributed by atoms with van der Waals surface area (Å²) in [5, 5.41) is 5.35. The smallest absolute Gasteiger partial charge is 0.131 e. The van der Waals surface area contributed by atoms with Gasteiger partial charge in [-0.2, -0.15) is 0 Å². The number of hydrogen-bond acceptors (Lipinski definition) is 4. The van der Waals surface area contributed by atoms with Gasteiger partial charge in [-0.15, -0.1) is 22.7 Å². The maximum atomic E-state index is 13.9. The topological polar surface area (TPSA) is 24.9 Å². The van der Waals surface area contributed by atoms with Crippen molar-refractivity contribution >= 4 is 22.7 Å². The Labute approximate surface area is 131 Å². The lowest BCUT2D eigenvalue weighted by atomic mass is 10.1. The summed E-state index contributed by atoms with van der Waals surface area (Å²) in [7, 11) is 0. The molecule has 3 rings (SSSR count). The van der Waals surface area contributed by atoms with Crippen LogP contribution in [0.25, 0.3) is 10.4 Å². The second-order valence-electron chi connectivity index (χ2n) is 4.76. The van der Waals surface area contributed by atoms with Crippen LogP contribution in [-0.4, -0.2) is 4.98 Å². The Balaban J connectivity index is 1.69. The zero-order chi connectivity index (χ0) is 14.7. The van der Waals surface area contributed by atoms with Crippen molar-refractivity contribution in [1.29, 1.82) is 0 Å². The van der Waals surface area contributed by atoms with E-state index in [2.05, 4.69) is 10.3 Å². The number of rotatable bonds is 5. The van der Waals surface area contributed by atoms with Gasteiger partial charge in [-0.05, 0) is 36.1 Å². The fourth-order valence-electron chi connectivity index (χ4n) is 2.12. The van der Waals surface area contributed by atoms with Crippen molar-refractivity contribution in [3.63, 3.8) is 0 Å². The van der Waals surface area contributed by atoms with Gasteiger partial charge in [0.05, 0.1) is 11.2 Å². The molecule has 0 radical (unpaired) electrons. The Kier molecular flexibility index (Phi) is 4.43. The molecule has 0 saturated heterocycles. The fourth-order valence-corrected chi connectivity index (χ4v) is 3.61. The highest BCUT2D eigenvalue weighted by atomic mass is 32.1. The Hall–Kier alpha value is -1.56. The molecule has 2 aromatic heterocycles.